The van der Waals surface area contributed by atoms with Gasteiger partial charge in [-0.3, -0.25) is 0 Å². The maximum atomic E-state index is 3.75. The van der Waals surface area contributed by atoms with E-state index in [1.54, 1.807) is 0 Å². The Kier molecular flexibility index (Phi) is 2.25. The monoisotopic (exact) mass is 338 g/mol. The van der Waals surface area contributed by atoms with Crippen molar-refractivity contribution >= 4 is 42.6 Å². The molecule has 0 aromatic heterocycles. The van der Waals surface area contributed by atoms with Gasteiger partial charge in [-0.2, -0.15) is 0 Å². The second-order valence-electron chi connectivity index (χ2n) is 4.74. The first kappa shape index (κ1) is 10.8. The van der Waals surface area contributed by atoms with E-state index in [9.17, 15) is 0 Å². The standard InChI is InChI=1S/C14H12Br2/c1-13(9-14(13,15)16)12-8-4-6-10-5-2-3-7-11(10)12/h2-8H,9H2,1H3. The number of rotatable bonds is 1. The van der Waals surface area contributed by atoms with Crippen LogP contribution in [-0.4, -0.2) is 3.23 Å². The van der Waals surface area contributed by atoms with Crippen molar-refractivity contribution in [2.75, 3.05) is 0 Å². The summed E-state index contributed by atoms with van der Waals surface area (Å²) < 4.78 is 0.0805. The fraction of sp³-hybridized carbons (Fsp3) is 0.286. The van der Waals surface area contributed by atoms with Crippen molar-refractivity contribution in [3.05, 3.63) is 48.0 Å². The maximum absolute atomic E-state index is 3.75. The normalized spacial score (nSPS) is 26.9. The van der Waals surface area contributed by atoms with Crippen LogP contribution in [0.5, 0.6) is 0 Å². The average Bonchev–Trinajstić information content (AvgIpc) is 2.78. The molecule has 1 unspecified atom stereocenters. The first-order valence-electron chi connectivity index (χ1n) is 5.41. The van der Waals surface area contributed by atoms with E-state index in [0.29, 0.717) is 0 Å². The second kappa shape index (κ2) is 3.33. The summed E-state index contributed by atoms with van der Waals surface area (Å²) in [5, 5.41) is 2.69. The third kappa shape index (κ3) is 1.39. The summed E-state index contributed by atoms with van der Waals surface area (Å²) in [5.74, 6) is 0. The number of hydrogen-bond donors (Lipinski definition) is 0. The van der Waals surface area contributed by atoms with Crippen LogP contribution in [0, 0.1) is 0 Å². The Balaban J connectivity index is 2.26. The van der Waals surface area contributed by atoms with Gasteiger partial charge in [0.2, 0.25) is 0 Å². The van der Waals surface area contributed by atoms with Gasteiger partial charge in [-0.15, -0.1) is 0 Å². The quantitative estimate of drug-likeness (QED) is 0.642. The number of benzene rings is 2. The van der Waals surface area contributed by atoms with Crippen LogP contribution < -0.4 is 0 Å². The van der Waals surface area contributed by atoms with Gasteiger partial charge >= 0.3 is 0 Å². The molecule has 0 heterocycles. The van der Waals surface area contributed by atoms with Crippen LogP contribution in [0.2, 0.25) is 0 Å². The zero-order valence-corrected chi connectivity index (χ0v) is 12.2. The Morgan fingerprint density at radius 3 is 2.31 bits per heavy atom. The smallest absolute Gasteiger partial charge is 0.0717 e. The summed E-state index contributed by atoms with van der Waals surface area (Å²) >= 11 is 7.50. The van der Waals surface area contributed by atoms with Gasteiger partial charge in [-0.1, -0.05) is 81.2 Å². The lowest BCUT2D eigenvalue weighted by Gasteiger charge is -2.15. The number of hydrogen-bond acceptors (Lipinski definition) is 0. The van der Waals surface area contributed by atoms with Crippen molar-refractivity contribution < 1.29 is 0 Å². The summed E-state index contributed by atoms with van der Waals surface area (Å²) in [7, 11) is 0. The highest BCUT2D eigenvalue weighted by molar-refractivity contribution is 9.25. The molecule has 0 amide bonds. The fourth-order valence-corrected chi connectivity index (χ4v) is 3.95. The fourth-order valence-electron chi connectivity index (χ4n) is 2.40. The van der Waals surface area contributed by atoms with Gasteiger partial charge in [0.25, 0.3) is 0 Å². The van der Waals surface area contributed by atoms with Gasteiger partial charge in [-0.05, 0) is 22.8 Å². The first-order valence-corrected chi connectivity index (χ1v) is 6.99. The van der Waals surface area contributed by atoms with Crippen LogP contribution in [0.15, 0.2) is 42.5 Å². The molecule has 1 aliphatic carbocycles. The minimum absolute atomic E-state index is 0.0805. The number of fused-ring (bicyclic) bond motifs is 1. The third-order valence-corrected chi connectivity index (χ3v) is 5.95. The van der Waals surface area contributed by atoms with Crippen molar-refractivity contribution in [2.24, 2.45) is 0 Å². The first-order chi connectivity index (χ1) is 7.55. The van der Waals surface area contributed by atoms with Crippen LogP contribution in [0.1, 0.15) is 18.9 Å². The lowest BCUT2D eigenvalue weighted by atomic mass is 9.92. The van der Waals surface area contributed by atoms with Crippen LogP contribution in [0.3, 0.4) is 0 Å². The molecule has 2 heteroatoms. The van der Waals surface area contributed by atoms with Crippen molar-refractivity contribution in [2.45, 2.75) is 22.0 Å². The van der Waals surface area contributed by atoms with E-state index < -0.39 is 0 Å². The number of halogens is 2. The van der Waals surface area contributed by atoms with Gasteiger partial charge in [-0.25, -0.2) is 0 Å². The predicted octanol–water partition coefficient (Wildman–Crippen LogP) is 4.99. The molecule has 1 saturated carbocycles. The van der Waals surface area contributed by atoms with Gasteiger partial charge in [0.1, 0.15) is 0 Å². The maximum Gasteiger partial charge on any atom is 0.0909 e. The van der Waals surface area contributed by atoms with Crippen molar-refractivity contribution in [1.82, 2.24) is 0 Å². The van der Waals surface area contributed by atoms with E-state index in [2.05, 4.69) is 81.2 Å². The molecule has 0 bridgehead atoms. The second-order valence-corrected chi connectivity index (χ2v) is 8.51. The lowest BCUT2D eigenvalue weighted by molar-refractivity contribution is 0.795. The molecular weight excluding hydrogens is 328 g/mol. The summed E-state index contributed by atoms with van der Waals surface area (Å²) in [5.41, 5.74) is 1.63. The molecule has 82 valence electrons. The van der Waals surface area contributed by atoms with E-state index in [1.165, 1.54) is 16.3 Å². The average molecular weight is 340 g/mol. The van der Waals surface area contributed by atoms with E-state index >= 15 is 0 Å². The topological polar surface area (TPSA) is 0 Å². The molecule has 0 N–H and O–H groups in total. The van der Waals surface area contributed by atoms with Crippen LogP contribution >= 0.6 is 31.9 Å². The van der Waals surface area contributed by atoms with Crippen molar-refractivity contribution in [1.29, 1.82) is 0 Å². The van der Waals surface area contributed by atoms with Gasteiger partial charge in [0.15, 0.2) is 0 Å². The van der Waals surface area contributed by atoms with Crippen LogP contribution in [0.4, 0.5) is 0 Å². The Morgan fingerprint density at radius 2 is 1.62 bits per heavy atom. The van der Waals surface area contributed by atoms with E-state index in [-0.39, 0.29) is 8.65 Å². The number of alkyl halides is 2. The Hall–Kier alpha value is -0.340. The minimum Gasteiger partial charge on any atom is -0.0717 e. The molecule has 2 aromatic carbocycles. The third-order valence-electron chi connectivity index (χ3n) is 3.64. The SMILES string of the molecule is CC1(c2cccc3ccccc23)CC1(Br)Br. The van der Waals surface area contributed by atoms with Crippen molar-refractivity contribution in [3.63, 3.8) is 0 Å². The molecule has 1 atom stereocenters. The van der Waals surface area contributed by atoms with Crippen LogP contribution in [-0.2, 0) is 5.41 Å². The van der Waals surface area contributed by atoms with Crippen LogP contribution in [0.25, 0.3) is 10.8 Å². The Morgan fingerprint density at radius 1 is 1.00 bits per heavy atom. The van der Waals surface area contributed by atoms with Gasteiger partial charge in [0, 0.05) is 5.41 Å². The van der Waals surface area contributed by atoms with E-state index in [4.69, 9.17) is 0 Å². The van der Waals surface area contributed by atoms with Gasteiger partial charge < -0.3 is 0 Å². The molecule has 0 radical (unpaired) electrons. The summed E-state index contributed by atoms with van der Waals surface area (Å²) in [6, 6.07) is 15.2. The minimum atomic E-state index is 0.0805. The van der Waals surface area contributed by atoms with E-state index in [0.717, 1.165) is 6.42 Å². The highest BCUT2D eigenvalue weighted by Crippen LogP contribution is 2.67. The molecule has 0 nitrogen and oxygen atoms in total. The molecule has 1 fully saturated rings. The lowest BCUT2D eigenvalue weighted by Crippen LogP contribution is -2.09. The molecule has 0 spiro atoms. The Labute approximate surface area is 112 Å². The zero-order chi connectivity index (χ0) is 11.4. The molecular formula is C14H12Br2. The molecule has 2 aromatic rings. The molecule has 16 heavy (non-hydrogen) atoms. The highest BCUT2D eigenvalue weighted by atomic mass is 79.9. The van der Waals surface area contributed by atoms with Crippen molar-refractivity contribution in [3.8, 4) is 0 Å². The summed E-state index contributed by atoms with van der Waals surface area (Å²) in [6.45, 7) is 2.30. The van der Waals surface area contributed by atoms with E-state index in [1.807, 2.05) is 0 Å². The zero-order valence-electron chi connectivity index (χ0n) is 9.00. The largest absolute Gasteiger partial charge is 0.0909 e. The molecule has 3 rings (SSSR count). The van der Waals surface area contributed by atoms with Gasteiger partial charge in [0.05, 0.1) is 3.23 Å². The Bertz CT molecular complexity index is 554. The molecule has 0 aliphatic heterocycles. The molecule has 0 saturated heterocycles. The predicted molar refractivity (Wildman–Crippen MR) is 76.5 cm³/mol. The summed E-state index contributed by atoms with van der Waals surface area (Å²) in [4.78, 5) is 0. The molecule has 1 aliphatic rings. The summed E-state index contributed by atoms with van der Waals surface area (Å²) in [6.07, 6.45) is 1.13. The highest BCUT2D eigenvalue weighted by Gasteiger charge is 2.62.